The van der Waals surface area contributed by atoms with E-state index in [1.807, 2.05) is 30.3 Å². The minimum atomic E-state index is -0.903. The number of benzene rings is 2. The summed E-state index contributed by atoms with van der Waals surface area (Å²) in [5, 5.41) is 9.14. The van der Waals surface area contributed by atoms with Gasteiger partial charge in [0.1, 0.15) is 18.5 Å². The van der Waals surface area contributed by atoms with E-state index in [0.29, 0.717) is 37.3 Å². The lowest BCUT2D eigenvalue weighted by Crippen LogP contribution is -2.28. The Hall–Kier alpha value is -3.49. The summed E-state index contributed by atoms with van der Waals surface area (Å²) in [5.41, 5.74) is 1.65. The number of aromatic nitrogens is 1. The van der Waals surface area contributed by atoms with Gasteiger partial charge in [0.2, 0.25) is 5.43 Å². The molecule has 1 saturated heterocycles. The van der Waals surface area contributed by atoms with Gasteiger partial charge < -0.3 is 23.9 Å². The minimum absolute atomic E-state index is 0.0282. The number of carboxylic acid groups (broad SMARTS) is 1. The van der Waals surface area contributed by atoms with E-state index in [-0.39, 0.29) is 30.0 Å². The van der Waals surface area contributed by atoms with Crippen LogP contribution in [0.5, 0.6) is 5.75 Å². The highest BCUT2D eigenvalue weighted by atomic mass is 19.1. The van der Waals surface area contributed by atoms with Crippen molar-refractivity contribution in [2.75, 3.05) is 6.61 Å². The SMILES string of the molecule is O=C(O)CCCn1ccc(=O)c(OCc2ccccc2)c1C(OC1CCCCO1)c1ccc(F)cc1. The van der Waals surface area contributed by atoms with Crippen LogP contribution in [0.2, 0.25) is 0 Å². The van der Waals surface area contributed by atoms with Crippen molar-refractivity contribution in [2.24, 2.45) is 0 Å². The Labute approximate surface area is 209 Å². The molecular formula is C28H30FNO6. The molecule has 0 bridgehead atoms. The maximum atomic E-state index is 13.8. The van der Waals surface area contributed by atoms with Crippen LogP contribution in [-0.2, 0) is 27.4 Å². The van der Waals surface area contributed by atoms with Crippen LogP contribution in [0, 0.1) is 5.82 Å². The molecule has 7 nitrogen and oxygen atoms in total. The first kappa shape index (κ1) is 25.6. The van der Waals surface area contributed by atoms with Gasteiger partial charge in [0, 0.05) is 31.8 Å². The number of nitrogens with zero attached hydrogens (tertiary/aromatic N) is 1. The highest BCUT2D eigenvalue weighted by Crippen LogP contribution is 2.34. The Morgan fingerprint density at radius 2 is 1.89 bits per heavy atom. The van der Waals surface area contributed by atoms with E-state index in [0.717, 1.165) is 18.4 Å². The van der Waals surface area contributed by atoms with Crippen LogP contribution in [0.25, 0.3) is 0 Å². The molecule has 190 valence electrons. The average molecular weight is 496 g/mol. The third-order valence-corrected chi connectivity index (χ3v) is 6.03. The normalized spacial score (nSPS) is 16.4. The van der Waals surface area contributed by atoms with Gasteiger partial charge in [-0.05, 0) is 48.9 Å². The molecule has 8 heteroatoms. The van der Waals surface area contributed by atoms with Gasteiger partial charge in [-0.2, -0.15) is 0 Å². The fraction of sp³-hybridized carbons (Fsp3) is 0.357. The number of aliphatic carboxylic acids is 1. The molecule has 0 spiro atoms. The molecule has 1 fully saturated rings. The molecule has 2 heterocycles. The van der Waals surface area contributed by atoms with Gasteiger partial charge in [0.15, 0.2) is 12.0 Å². The van der Waals surface area contributed by atoms with Gasteiger partial charge in [0.05, 0.1) is 5.69 Å². The molecular weight excluding hydrogens is 465 g/mol. The third-order valence-electron chi connectivity index (χ3n) is 6.03. The molecule has 2 unspecified atom stereocenters. The van der Waals surface area contributed by atoms with Gasteiger partial charge in [-0.3, -0.25) is 9.59 Å². The summed E-state index contributed by atoms with van der Waals surface area (Å²) in [7, 11) is 0. The second kappa shape index (κ2) is 12.5. The molecule has 1 N–H and O–H groups in total. The molecule has 0 radical (unpaired) electrons. The third kappa shape index (κ3) is 6.80. The molecule has 0 amide bonds. The number of halogens is 1. The van der Waals surface area contributed by atoms with Crippen molar-refractivity contribution < 1.29 is 28.5 Å². The summed E-state index contributed by atoms with van der Waals surface area (Å²) in [6, 6.07) is 16.8. The quantitative estimate of drug-likeness (QED) is 0.400. The predicted octanol–water partition coefficient (Wildman–Crippen LogP) is 5.06. The van der Waals surface area contributed by atoms with E-state index in [1.165, 1.54) is 18.2 Å². The van der Waals surface area contributed by atoms with Crippen LogP contribution >= 0.6 is 0 Å². The number of hydrogen-bond acceptors (Lipinski definition) is 5. The number of rotatable bonds is 11. The summed E-state index contributed by atoms with van der Waals surface area (Å²) in [6.45, 7) is 1.06. The number of aryl methyl sites for hydroxylation is 1. The van der Waals surface area contributed by atoms with E-state index in [2.05, 4.69) is 0 Å². The van der Waals surface area contributed by atoms with E-state index in [9.17, 15) is 14.0 Å². The number of hydrogen-bond donors (Lipinski definition) is 1. The van der Waals surface area contributed by atoms with Crippen LogP contribution < -0.4 is 10.2 Å². The number of carboxylic acids is 1. The van der Waals surface area contributed by atoms with Crippen LogP contribution in [-0.4, -0.2) is 28.5 Å². The fourth-order valence-corrected chi connectivity index (χ4v) is 4.22. The fourth-order valence-electron chi connectivity index (χ4n) is 4.22. The Kier molecular flexibility index (Phi) is 8.86. The molecule has 3 aromatic rings. The smallest absolute Gasteiger partial charge is 0.303 e. The zero-order chi connectivity index (χ0) is 25.3. The lowest BCUT2D eigenvalue weighted by atomic mass is 10.0. The topological polar surface area (TPSA) is 87.0 Å². The lowest BCUT2D eigenvalue weighted by Gasteiger charge is -2.30. The van der Waals surface area contributed by atoms with E-state index < -0.39 is 18.4 Å². The zero-order valence-corrected chi connectivity index (χ0v) is 20.0. The largest absolute Gasteiger partial charge is 0.483 e. The zero-order valence-electron chi connectivity index (χ0n) is 20.0. The van der Waals surface area contributed by atoms with Crippen molar-refractivity contribution >= 4 is 5.97 Å². The summed E-state index contributed by atoms with van der Waals surface area (Å²) < 4.78 is 33.9. The van der Waals surface area contributed by atoms with Crippen molar-refractivity contribution in [2.45, 2.75) is 57.6 Å². The van der Waals surface area contributed by atoms with Gasteiger partial charge >= 0.3 is 5.97 Å². The second-order valence-electron chi connectivity index (χ2n) is 8.72. The first-order valence-electron chi connectivity index (χ1n) is 12.2. The monoisotopic (exact) mass is 495 g/mol. The Morgan fingerprint density at radius 1 is 1.11 bits per heavy atom. The van der Waals surface area contributed by atoms with Gasteiger partial charge in [-0.25, -0.2) is 4.39 Å². The molecule has 2 aromatic carbocycles. The van der Waals surface area contributed by atoms with Crippen LogP contribution in [0.3, 0.4) is 0 Å². The Morgan fingerprint density at radius 3 is 2.58 bits per heavy atom. The summed E-state index contributed by atoms with van der Waals surface area (Å²) in [6.07, 6.45) is 3.22. The molecule has 2 atom stereocenters. The maximum Gasteiger partial charge on any atom is 0.303 e. The lowest BCUT2D eigenvalue weighted by molar-refractivity contribution is -0.182. The van der Waals surface area contributed by atoms with E-state index in [1.54, 1.807) is 22.9 Å². The van der Waals surface area contributed by atoms with Gasteiger partial charge in [0.25, 0.3) is 0 Å². The molecule has 0 saturated carbocycles. The van der Waals surface area contributed by atoms with Gasteiger partial charge in [-0.15, -0.1) is 0 Å². The predicted molar refractivity (Wildman–Crippen MR) is 131 cm³/mol. The van der Waals surface area contributed by atoms with Crippen molar-refractivity contribution in [1.82, 2.24) is 4.57 Å². The highest BCUT2D eigenvalue weighted by Gasteiger charge is 2.29. The highest BCUT2D eigenvalue weighted by molar-refractivity contribution is 5.66. The van der Waals surface area contributed by atoms with Crippen LogP contribution in [0.1, 0.15) is 55.0 Å². The first-order chi connectivity index (χ1) is 17.5. The summed E-state index contributed by atoms with van der Waals surface area (Å²) in [4.78, 5) is 24.2. The maximum absolute atomic E-state index is 13.8. The molecule has 1 aliphatic rings. The van der Waals surface area contributed by atoms with Crippen molar-refractivity contribution in [3.63, 3.8) is 0 Å². The van der Waals surface area contributed by atoms with Crippen LogP contribution in [0.4, 0.5) is 4.39 Å². The Bertz CT molecular complexity index is 1190. The molecule has 1 aliphatic heterocycles. The van der Waals surface area contributed by atoms with Crippen LogP contribution in [0.15, 0.2) is 71.7 Å². The minimum Gasteiger partial charge on any atom is -0.483 e. The first-order valence-corrected chi connectivity index (χ1v) is 12.2. The molecule has 36 heavy (non-hydrogen) atoms. The average Bonchev–Trinajstić information content (AvgIpc) is 2.89. The van der Waals surface area contributed by atoms with Gasteiger partial charge in [-0.1, -0.05) is 42.5 Å². The van der Waals surface area contributed by atoms with E-state index >= 15 is 0 Å². The second-order valence-corrected chi connectivity index (χ2v) is 8.72. The summed E-state index contributed by atoms with van der Waals surface area (Å²) >= 11 is 0. The van der Waals surface area contributed by atoms with E-state index in [4.69, 9.17) is 19.3 Å². The van der Waals surface area contributed by atoms with Crippen molar-refractivity contribution in [3.05, 3.63) is 99.7 Å². The van der Waals surface area contributed by atoms with Crippen molar-refractivity contribution in [1.29, 1.82) is 0 Å². The number of pyridine rings is 1. The van der Waals surface area contributed by atoms with Crippen molar-refractivity contribution in [3.8, 4) is 5.75 Å². The summed E-state index contributed by atoms with van der Waals surface area (Å²) in [5.74, 6) is -1.18. The standard InChI is InChI=1S/C28H30FNO6/c29-22-13-11-21(12-14-22)27(36-25-10-4-5-18-34-25)26-28(35-19-20-7-2-1-3-8-20)23(31)15-17-30(26)16-6-9-24(32)33/h1-3,7-8,11-15,17,25,27H,4-6,9-10,16,18-19H2,(H,32,33). The molecule has 0 aliphatic carbocycles. The number of ether oxygens (including phenoxy) is 3. The Balaban J connectivity index is 1.77. The molecule has 4 rings (SSSR count). The number of carbonyl (C=O) groups is 1. The molecule has 1 aromatic heterocycles.